The molecular formula is C44H69FN6O7S. The highest BCUT2D eigenvalue weighted by molar-refractivity contribution is 7.09. The third kappa shape index (κ3) is 14.5. The number of piperidine rings is 1. The highest BCUT2D eigenvalue weighted by Gasteiger charge is 2.39. The van der Waals surface area contributed by atoms with Crippen molar-refractivity contribution in [2.45, 2.75) is 156 Å². The first-order valence-corrected chi connectivity index (χ1v) is 22.2. The molecule has 1 aromatic carbocycles. The minimum atomic E-state index is -1.22. The number of benzene rings is 1. The third-order valence-electron chi connectivity index (χ3n) is 11.6. The van der Waals surface area contributed by atoms with E-state index < -0.39 is 53.3 Å². The van der Waals surface area contributed by atoms with Gasteiger partial charge in [-0.3, -0.25) is 28.9 Å². The van der Waals surface area contributed by atoms with Crippen LogP contribution in [0.5, 0.6) is 0 Å². The number of likely N-dealkylation sites (N-methyl/N-ethyl adjacent to an activating group) is 1. The van der Waals surface area contributed by atoms with Crippen molar-refractivity contribution >= 4 is 46.7 Å². The van der Waals surface area contributed by atoms with Crippen LogP contribution >= 0.6 is 11.3 Å². The lowest BCUT2D eigenvalue weighted by atomic mass is 9.84. The van der Waals surface area contributed by atoms with Crippen LogP contribution in [-0.4, -0.2) is 93.9 Å². The third-order valence-corrected chi connectivity index (χ3v) is 12.5. The Morgan fingerprint density at radius 3 is 2.41 bits per heavy atom. The van der Waals surface area contributed by atoms with Crippen LogP contribution in [0.15, 0.2) is 23.6 Å². The number of carbonyl (C=O) groups excluding carboxylic acids is 4. The summed E-state index contributed by atoms with van der Waals surface area (Å²) in [5.74, 6) is -3.31. The van der Waals surface area contributed by atoms with Crippen LogP contribution in [-0.2, 0) is 30.3 Å². The number of thiazole rings is 1. The van der Waals surface area contributed by atoms with Crippen molar-refractivity contribution in [2.24, 2.45) is 17.3 Å². The number of rotatable bonds is 23. The Labute approximate surface area is 354 Å². The van der Waals surface area contributed by atoms with Crippen LogP contribution in [0.4, 0.5) is 10.1 Å². The number of carbonyl (C=O) groups is 5. The molecule has 0 bridgehead atoms. The molecule has 2 heterocycles. The predicted molar refractivity (Wildman–Crippen MR) is 229 cm³/mol. The number of hydrogen-bond donors (Lipinski definition) is 4. The van der Waals surface area contributed by atoms with Gasteiger partial charge in [-0.05, 0) is 89.1 Å². The van der Waals surface area contributed by atoms with Crippen molar-refractivity contribution in [3.05, 3.63) is 45.7 Å². The Morgan fingerprint density at radius 1 is 1.10 bits per heavy atom. The number of esters is 1. The number of aliphatic carboxylic acids is 1. The zero-order chi connectivity index (χ0) is 44.0. The average molecular weight is 845 g/mol. The maximum atomic E-state index is 14.9. The van der Waals surface area contributed by atoms with Gasteiger partial charge in [0.2, 0.25) is 11.8 Å². The van der Waals surface area contributed by atoms with Crippen LogP contribution in [0, 0.1) is 23.1 Å². The number of likely N-dealkylation sites (tertiary alicyclic amines) is 1. The molecule has 2 aromatic rings. The lowest BCUT2D eigenvalue weighted by Crippen LogP contribution is -2.59. The number of carboxylic acid groups (broad SMARTS) is 1. The van der Waals surface area contributed by atoms with Gasteiger partial charge in [0, 0.05) is 37.4 Å². The number of halogens is 1. The van der Waals surface area contributed by atoms with Crippen LogP contribution in [0.25, 0.3) is 0 Å². The fourth-order valence-corrected chi connectivity index (χ4v) is 8.54. The standard InChI is InChI=1S/C44H69FN6O7S/c1-10-12-13-15-21-51(42(55)38(28(5)11-2)49-40(54)35-17-14-16-20-50(35)9)36(27(3)4)24-37(58-29(6)52)41-48-34(26-59-41)39(53)47-31(25-44(7,8)43(56)57)22-30-18-19-33(46)32(45)23-30/h18-19,23,26-28,31,35-38H,10-17,20-22,24-25,46H2,1-9H3,(H,47,53)(H,49,54)(H,56,57)/t28-,31-,35+,36+,37+,38-/m0/s1. The fraction of sp³-hybridized carbons (Fsp3) is 0.682. The van der Waals surface area contributed by atoms with Crippen molar-refractivity contribution in [2.75, 3.05) is 25.9 Å². The van der Waals surface area contributed by atoms with E-state index in [0.29, 0.717) is 23.5 Å². The van der Waals surface area contributed by atoms with Gasteiger partial charge in [-0.25, -0.2) is 9.37 Å². The summed E-state index contributed by atoms with van der Waals surface area (Å²) in [4.78, 5) is 75.6. The van der Waals surface area contributed by atoms with E-state index in [1.807, 2.05) is 39.6 Å². The topological polar surface area (TPSA) is 184 Å². The quantitative estimate of drug-likeness (QED) is 0.0509. The first-order chi connectivity index (χ1) is 27.8. The molecule has 1 aliphatic heterocycles. The first kappa shape index (κ1) is 49.3. The Balaban J connectivity index is 1.95. The maximum absolute atomic E-state index is 14.9. The number of amides is 3. The van der Waals surface area contributed by atoms with E-state index in [9.17, 15) is 33.5 Å². The van der Waals surface area contributed by atoms with E-state index in [2.05, 4.69) is 27.4 Å². The molecule has 0 saturated carbocycles. The Hall–Kier alpha value is -4.11. The minimum absolute atomic E-state index is 0.0222. The molecule has 0 aliphatic carbocycles. The molecule has 330 valence electrons. The Morgan fingerprint density at radius 2 is 1.81 bits per heavy atom. The second-order valence-corrected chi connectivity index (χ2v) is 18.2. The molecule has 0 spiro atoms. The summed E-state index contributed by atoms with van der Waals surface area (Å²) in [5, 5.41) is 17.9. The average Bonchev–Trinajstić information content (AvgIpc) is 3.67. The summed E-state index contributed by atoms with van der Waals surface area (Å²) in [6.07, 6.45) is 6.61. The number of nitrogens with zero attached hydrogens (tertiary/aromatic N) is 3. The molecule has 1 fully saturated rings. The molecule has 1 aromatic heterocycles. The summed E-state index contributed by atoms with van der Waals surface area (Å²) in [7, 11) is 1.95. The second kappa shape index (κ2) is 23.0. The van der Waals surface area contributed by atoms with Crippen LogP contribution in [0.3, 0.4) is 0 Å². The zero-order valence-electron chi connectivity index (χ0n) is 36.6. The van der Waals surface area contributed by atoms with Gasteiger partial charge in [-0.1, -0.05) is 72.8 Å². The fourth-order valence-electron chi connectivity index (χ4n) is 7.70. The number of hydrogen-bond acceptors (Lipinski definition) is 10. The molecule has 5 N–H and O–H groups in total. The number of ether oxygens (including phenoxy) is 1. The van der Waals surface area contributed by atoms with E-state index >= 15 is 0 Å². The SMILES string of the molecule is CCCCCCN(C(=O)[C@@H](NC(=O)[C@H]1CCCCN1C)[C@@H](C)CC)[C@H](C[C@@H](OC(C)=O)c1nc(C(=O)N[C@@H](Cc2ccc(N)c(F)c2)CC(C)(C)C(=O)O)cs1)C(C)C. The van der Waals surface area contributed by atoms with Gasteiger partial charge in [0.15, 0.2) is 6.10 Å². The number of nitrogens with two attached hydrogens (primary N) is 1. The van der Waals surface area contributed by atoms with E-state index in [0.717, 1.165) is 62.8 Å². The molecule has 0 unspecified atom stereocenters. The van der Waals surface area contributed by atoms with Crippen molar-refractivity contribution < 1.29 is 38.2 Å². The number of carboxylic acids is 1. The second-order valence-electron chi connectivity index (χ2n) is 17.3. The molecule has 0 radical (unpaired) electrons. The predicted octanol–water partition coefficient (Wildman–Crippen LogP) is 7.15. The van der Waals surface area contributed by atoms with Crippen molar-refractivity contribution in [1.82, 2.24) is 25.4 Å². The van der Waals surface area contributed by atoms with Gasteiger partial charge in [-0.2, -0.15) is 0 Å². The number of anilines is 1. The lowest BCUT2D eigenvalue weighted by Gasteiger charge is -2.40. The van der Waals surface area contributed by atoms with Crippen molar-refractivity contribution in [1.29, 1.82) is 0 Å². The van der Waals surface area contributed by atoms with E-state index in [-0.39, 0.29) is 60.3 Å². The van der Waals surface area contributed by atoms with Gasteiger partial charge in [0.1, 0.15) is 22.6 Å². The molecule has 6 atom stereocenters. The molecule has 13 nitrogen and oxygen atoms in total. The summed E-state index contributed by atoms with van der Waals surface area (Å²) < 4.78 is 20.2. The summed E-state index contributed by atoms with van der Waals surface area (Å²) in [5.41, 5.74) is 5.00. The monoisotopic (exact) mass is 844 g/mol. The maximum Gasteiger partial charge on any atom is 0.309 e. The van der Waals surface area contributed by atoms with Gasteiger partial charge in [-0.15, -0.1) is 11.3 Å². The number of unbranched alkanes of at least 4 members (excludes halogenated alkanes) is 3. The van der Waals surface area contributed by atoms with Crippen LogP contribution in [0.1, 0.15) is 147 Å². The summed E-state index contributed by atoms with van der Waals surface area (Å²) in [6, 6.07) is 2.15. The van der Waals surface area contributed by atoms with Crippen LogP contribution < -0.4 is 16.4 Å². The minimum Gasteiger partial charge on any atom is -0.481 e. The van der Waals surface area contributed by atoms with Gasteiger partial charge < -0.3 is 31.1 Å². The number of nitrogens with one attached hydrogen (secondary N) is 2. The Bertz CT molecular complexity index is 1720. The van der Waals surface area contributed by atoms with E-state index in [1.54, 1.807) is 25.3 Å². The number of nitrogen functional groups attached to an aromatic ring is 1. The lowest BCUT2D eigenvalue weighted by molar-refractivity contribution is -0.150. The molecule has 3 amide bonds. The zero-order valence-corrected chi connectivity index (χ0v) is 37.5. The molecule has 59 heavy (non-hydrogen) atoms. The molecular weight excluding hydrogens is 776 g/mol. The highest BCUT2D eigenvalue weighted by Crippen LogP contribution is 2.32. The molecule has 3 rings (SSSR count). The Kier molecular flexibility index (Phi) is 19.2. The molecule has 1 aliphatic rings. The van der Waals surface area contributed by atoms with Crippen molar-refractivity contribution in [3.8, 4) is 0 Å². The normalized spacial score (nSPS) is 17.4. The summed E-state index contributed by atoms with van der Waals surface area (Å²) in [6.45, 7) is 15.8. The smallest absolute Gasteiger partial charge is 0.309 e. The van der Waals surface area contributed by atoms with Crippen LogP contribution in [0.2, 0.25) is 0 Å². The van der Waals surface area contributed by atoms with Gasteiger partial charge in [0.05, 0.1) is 17.1 Å². The highest BCUT2D eigenvalue weighted by atomic mass is 32.1. The summed E-state index contributed by atoms with van der Waals surface area (Å²) >= 11 is 1.15. The van der Waals surface area contributed by atoms with E-state index in [1.165, 1.54) is 19.1 Å². The van der Waals surface area contributed by atoms with E-state index in [4.69, 9.17) is 10.5 Å². The molecule has 15 heteroatoms. The largest absolute Gasteiger partial charge is 0.481 e. The number of aromatic nitrogens is 1. The first-order valence-electron chi connectivity index (χ1n) is 21.3. The van der Waals surface area contributed by atoms with Crippen molar-refractivity contribution in [3.63, 3.8) is 0 Å². The van der Waals surface area contributed by atoms with Gasteiger partial charge >= 0.3 is 11.9 Å². The van der Waals surface area contributed by atoms with Gasteiger partial charge in [0.25, 0.3) is 5.91 Å². The molecule has 1 saturated heterocycles.